The first-order valence-corrected chi connectivity index (χ1v) is 7.22. The molecule has 1 aliphatic heterocycles. The van der Waals surface area contributed by atoms with Gasteiger partial charge in [-0.1, -0.05) is 20.3 Å². The number of hydrogen-bond acceptors (Lipinski definition) is 4. The zero-order chi connectivity index (χ0) is 14.4. The molecule has 1 aliphatic rings. The molecule has 1 rings (SSSR count). The van der Waals surface area contributed by atoms with Crippen molar-refractivity contribution in [1.82, 2.24) is 4.90 Å². The van der Waals surface area contributed by atoms with Crippen molar-refractivity contribution in [2.24, 2.45) is 17.6 Å². The van der Waals surface area contributed by atoms with Gasteiger partial charge in [-0.25, -0.2) is 0 Å². The summed E-state index contributed by atoms with van der Waals surface area (Å²) in [6, 6.07) is -0.467. The number of nitrogens with two attached hydrogens (primary N) is 1. The third kappa shape index (κ3) is 4.20. The molecule has 1 amide bonds. The van der Waals surface area contributed by atoms with E-state index in [0.29, 0.717) is 19.7 Å². The topological polar surface area (TPSA) is 72.6 Å². The van der Waals surface area contributed by atoms with Crippen LogP contribution >= 0.6 is 0 Å². The highest BCUT2D eigenvalue weighted by molar-refractivity contribution is 5.83. The molecule has 110 valence electrons. The lowest BCUT2D eigenvalue weighted by Crippen LogP contribution is -2.51. The summed E-state index contributed by atoms with van der Waals surface area (Å²) in [6.07, 6.45) is 2.51. The molecule has 0 aliphatic carbocycles. The van der Waals surface area contributed by atoms with Crippen LogP contribution in [0.15, 0.2) is 0 Å². The Labute approximate surface area is 115 Å². The molecule has 5 nitrogen and oxygen atoms in total. The van der Waals surface area contributed by atoms with Gasteiger partial charge in [0, 0.05) is 13.1 Å². The van der Waals surface area contributed by atoms with Crippen molar-refractivity contribution in [2.45, 2.75) is 46.1 Å². The summed E-state index contributed by atoms with van der Waals surface area (Å²) in [4.78, 5) is 25.7. The van der Waals surface area contributed by atoms with Crippen molar-refractivity contribution in [2.75, 3.05) is 19.7 Å². The predicted molar refractivity (Wildman–Crippen MR) is 73.4 cm³/mol. The van der Waals surface area contributed by atoms with Crippen molar-refractivity contribution < 1.29 is 14.3 Å². The molecule has 0 aromatic heterocycles. The monoisotopic (exact) mass is 270 g/mol. The molecule has 0 spiro atoms. The molecule has 1 heterocycles. The highest BCUT2D eigenvalue weighted by Crippen LogP contribution is 2.20. The highest BCUT2D eigenvalue weighted by atomic mass is 16.5. The van der Waals surface area contributed by atoms with E-state index in [4.69, 9.17) is 10.5 Å². The number of ether oxygens (including phenoxy) is 1. The van der Waals surface area contributed by atoms with Gasteiger partial charge in [-0.15, -0.1) is 0 Å². The SMILES string of the molecule is CCOC(=O)C1CCCN(C(=O)C(N)C(C)CC)C1. The van der Waals surface area contributed by atoms with E-state index in [-0.39, 0.29) is 23.7 Å². The van der Waals surface area contributed by atoms with Gasteiger partial charge in [-0.05, 0) is 25.7 Å². The molecule has 3 unspecified atom stereocenters. The van der Waals surface area contributed by atoms with Gasteiger partial charge in [-0.3, -0.25) is 9.59 Å². The maximum Gasteiger partial charge on any atom is 0.310 e. The fourth-order valence-electron chi connectivity index (χ4n) is 2.34. The van der Waals surface area contributed by atoms with Crippen LogP contribution in [0.4, 0.5) is 0 Å². The summed E-state index contributed by atoms with van der Waals surface area (Å²) in [7, 11) is 0. The second-order valence-electron chi connectivity index (χ2n) is 5.29. The van der Waals surface area contributed by atoms with E-state index in [2.05, 4.69) is 0 Å². The van der Waals surface area contributed by atoms with Crippen LogP contribution < -0.4 is 5.73 Å². The molecule has 1 saturated heterocycles. The molecule has 0 radical (unpaired) electrons. The van der Waals surface area contributed by atoms with Crippen molar-refractivity contribution in [1.29, 1.82) is 0 Å². The normalized spacial score (nSPS) is 22.7. The average molecular weight is 270 g/mol. The summed E-state index contributed by atoms with van der Waals surface area (Å²) in [5.74, 6) is -0.266. The van der Waals surface area contributed by atoms with E-state index >= 15 is 0 Å². The average Bonchev–Trinajstić information content (AvgIpc) is 2.45. The number of amides is 1. The zero-order valence-corrected chi connectivity index (χ0v) is 12.2. The molecular weight excluding hydrogens is 244 g/mol. The van der Waals surface area contributed by atoms with Crippen molar-refractivity contribution in [3.05, 3.63) is 0 Å². The Kier molecular flexibility index (Phi) is 6.28. The van der Waals surface area contributed by atoms with Gasteiger partial charge in [0.05, 0.1) is 18.6 Å². The summed E-state index contributed by atoms with van der Waals surface area (Å²) >= 11 is 0. The van der Waals surface area contributed by atoms with Crippen LogP contribution in [0.3, 0.4) is 0 Å². The molecule has 0 saturated carbocycles. The zero-order valence-electron chi connectivity index (χ0n) is 12.2. The summed E-state index contributed by atoms with van der Waals surface area (Å²) in [5, 5.41) is 0. The fourth-order valence-corrected chi connectivity index (χ4v) is 2.34. The van der Waals surface area contributed by atoms with Gasteiger partial charge in [-0.2, -0.15) is 0 Å². The largest absolute Gasteiger partial charge is 0.466 e. The Morgan fingerprint density at radius 3 is 2.68 bits per heavy atom. The van der Waals surface area contributed by atoms with Gasteiger partial charge in [0.1, 0.15) is 0 Å². The smallest absolute Gasteiger partial charge is 0.310 e. The van der Waals surface area contributed by atoms with E-state index in [0.717, 1.165) is 19.3 Å². The lowest BCUT2D eigenvalue weighted by Gasteiger charge is -2.34. The molecule has 19 heavy (non-hydrogen) atoms. The fraction of sp³-hybridized carbons (Fsp3) is 0.857. The molecule has 0 bridgehead atoms. The highest BCUT2D eigenvalue weighted by Gasteiger charge is 2.32. The number of rotatable bonds is 5. The standard InChI is InChI=1S/C14H26N2O3/c1-4-10(3)12(15)13(17)16-8-6-7-11(9-16)14(18)19-5-2/h10-12H,4-9,15H2,1-3H3. The quantitative estimate of drug-likeness (QED) is 0.761. The third-order valence-corrected chi connectivity index (χ3v) is 3.90. The number of piperidine rings is 1. The van der Waals surface area contributed by atoms with E-state index in [1.54, 1.807) is 11.8 Å². The Morgan fingerprint density at radius 1 is 1.42 bits per heavy atom. The van der Waals surface area contributed by atoms with E-state index < -0.39 is 6.04 Å². The first kappa shape index (κ1) is 16.0. The summed E-state index contributed by atoms with van der Waals surface area (Å²) < 4.78 is 5.03. The van der Waals surface area contributed by atoms with Gasteiger partial charge < -0.3 is 15.4 Å². The van der Waals surface area contributed by atoms with Crippen LogP contribution in [0.5, 0.6) is 0 Å². The minimum atomic E-state index is -0.467. The van der Waals surface area contributed by atoms with Crippen LogP contribution in [0.1, 0.15) is 40.0 Å². The number of esters is 1. The van der Waals surface area contributed by atoms with Crippen LogP contribution in [0.25, 0.3) is 0 Å². The molecule has 1 fully saturated rings. The van der Waals surface area contributed by atoms with Crippen molar-refractivity contribution in [3.8, 4) is 0 Å². The van der Waals surface area contributed by atoms with Crippen molar-refractivity contribution in [3.63, 3.8) is 0 Å². The van der Waals surface area contributed by atoms with Crippen LogP contribution in [-0.4, -0.2) is 42.5 Å². The molecular formula is C14H26N2O3. The first-order valence-electron chi connectivity index (χ1n) is 7.22. The number of carbonyl (C=O) groups excluding carboxylic acids is 2. The van der Waals surface area contributed by atoms with Gasteiger partial charge in [0.25, 0.3) is 0 Å². The Balaban J connectivity index is 2.59. The molecule has 2 N–H and O–H groups in total. The second-order valence-corrected chi connectivity index (χ2v) is 5.29. The minimum absolute atomic E-state index is 0.0386. The summed E-state index contributed by atoms with van der Waals surface area (Å²) in [5.41, 5.74) is 5.97. The Bertz CT molecular complexity index is 320. The third-order valence-electron chi connectivity index (χ3n) is 3.90. The molecule has 0 aromatic rings. The van der Waals surface area contributed by atoms with Crippen LogP contribution in [0, 0.1) is 11.8 Å². The Morgan fingerprint density at radius 2 is 2.11 bits per heavy atom. The number of nitrogens with zero attached hydrogens (tertiary/aromatic N) is 1. The number of hydrogen-bond donors (Lipinski definition) is 1. The van der Waals surface area contributed by atoms with E-state index in [9.17, 15) is 9.59 Å². The number of carbonyl (C=O) groups is 2. The second kappa shape index (κ2) is 7.48. The lowest BCUT2D eigenvalue weighted by atomic mass is 9.94. The molecule has 0 aromatic carbocycles. The predicted octanol–water partition coefficient (Wildman–Crippen LogP) is 1.16. The van der Waals surface area contributed by atoms with Crippen molar-refractivity contribution >= 4 is 11.9 Å². The van der Waals surface area contributed by atoms with Gasteiger partial charge in [0.15, 0.2) is 0 Å². The molecule has 5 heteroatoms. The minimum Gasteiger partial charge on any atom is -0.466 e. The maximum absolute atomic E-state index is 12.3. The van der Waals surface area contributed by atoms with Gasteiger partial charge in [0.2, 0.25) is 5.91 Å². The van der Waals surface area contributed by atoms with Crippen LogP contribution in [0.2, 0.25) is 0 Å². The first-order chi connectivity index (χ1) is 9.01. The molecule has 3 atom stereocenters. The number of likely N-dealkylation sites (tertiary alicyclic amines) is 1. The summed E-state index contributed by atoms with van der Waals surface area (Å²) in [6.45, 7) is 7.32. The van der Waals surface area contributed by atoms with E-state index in [1.165, 1.54) is 0 Å². The maximum atomic E-state index is 12.3. The Hall–Kier alpha value is -1.10. The van der Waals surface area contributed by atoms with Crippen LogP contribution in [-0.2, 0) is 14.3 Å². The lowest BCUT2D eigenvalue weighted by molar-refractivity contribution is -0.151. The van der Waals surface area contributed by atoms with E-state index in [1.807, 2.05) is 13.8 Å². The van der Waals surface area contributed by atoms with Gasteiger partial charge >= 0.3 is 5.97 Å².